The van der Waals surface area contributed by atoms with Gasteiger partial charge in [0.2, 0.25) is 0 Å². The number of rotatable bonds is 2. The average Bonchev–Trinajstić information content (AvgIpc) is 2.89. The lowest BCUT2D eigenvalue weighted by Crippen LogP contribution is -2.20. The van der Waals surface area contributed by atoms with E-state index in [1.54, 1.807) is 7.11 Å². The normalized spacial score (nSPS) is 18.0. The van der Waals surface area contributed by atoms with Gasteiger partial charge in [-0.1, -0.05) is 15.9 Å². The highest BCUT2D eigenvalue weighted by Gasteiger charge is 2.41. The second kappa shape index (κ2) is 3.24. The Morgan fingerprint density at radius 1 is 1.43 bits per heavy atom. The summed E-state index contributed by atoms with van der Waals surface area (Å²) in [4.78, 5) is 0. The summed E-state index contributed by atoms with van der Waals surface area (Å²) in [5.41, 5.74) is 8.53. The Balaban J connectivity index is 2.52. The zero-order valence-corrected chi connectivity index (χ0v) is 10.0. The van der Waals surface area contributed by atoms with Crippen molar-refractivity contribution in [3.8, 4) is 5.75 Å². The van der Waals surface area contributed by atoms with E-state index in [1.165, 1.54) is 11.1 Å². The summed E-state index contributed by atoms with van der Waals surface area (Å²) in [6.45, 7) is 2.09. The molecule has 1 aliphatic carbocycles. The van der Waals surface area contributed by atoms with Gasteiger partial charge in [-0.25, -0.2) is 0 Å². The third kappa shape index (κ3) is 1.55. The molecule has 0 heterocycles. The first-order chi connectivity index (χ1) is 6.57. The van der Waals surface area contributed by atoms with Gasteiger partial charge in [0.1, 0.15) is 5.75 Å². The monoisotopic (exact) mass is 255 g/mol. The minimum absolute atomic E-state index is 0.0961. The smallest absolute Gasteiger partial charge is 0.120 e. The van der Waals surface area contributed by atoms with Gasteiger partial charge >= 0.3 is 0 Å². The highest BCUT2D eigenvalue weighted by Crippen LogP contribution is 2.46. The van der Waals surface area contributed by atoms with Crippen LogP contribution in [-0.2, 0) is 5.54 Å². The summed E-state index contributed by atoms with van der Waals surface area (Å²) in [6, 6.07) is 4.03. The zero-order chi connectivity index (χ0) is 10.3. The third-order valence-electron chi connectivity index (χ3n) is 2.88. The van der Waals surface area contributed by atoms with Crippen molar-refractivity contribution in [1.82, 2.24) is 0 Å². The molecule has 0 aliphatic heterocycles. The first kappa shape index (κ1) is 9.99. The lowest BCUT2D eigenvalue weighted by molar-refractivity contribution is 0.413. The number of halogens is 1. The summed E-state index contributed by atoms with van der Waals surface area (Å²) >= 11 is 3.52. The van der Waals surface area contributed by atoms with Crippen LogP contribution in [0, 0.1) is 6.92 Å². The second-order valence-electron chi connectivity index (χ2n) is 3.94. The molecular formula is C11H14BrNO. The number of ether oxygens (including phenoxy) is 1. The van der Waals surface area contributed by atoms with E-state index in [4.69, 9.17) is 10.5 Å². The van der Waals surface area contributed by atoms with Gasteiger partial charge in [0, 0.05) is 10.0 Å². The Kier molecular flexibility index (Phi) is 2.32. The number of benzene rings is 1. The molecule has 0 bridgehead atoms. The molecular weight excluding hydrogens is 242 g/mol. The van der Waals surface area contributed by atoms with Crippen LogP contribution in [0.3, 0.4) is 0 Å². The maximum atomic E-state index is 6.18. The third-order valence-corrected chi connectivity index (χ3v) is 3.70. The first-order valence-corrected chi connectivity index (χ1v) is 5.49. The Morgan fingerprint density at radius 3 is 2.57 bits per heavy atom. The molecule has 0 amide bonds. The van der Waals surface area contributed by atoms with E-state index in [0.29, 0.717) is 0 Å². The van der Waals surface area contributed by atoms with Crippen LogP contribution in [-0.4, -0.2) is 7.11 Å². The molecule has 0 unspecified atom stereocenters. The van der Waals surface area contributed by atoms with Crippen LogP contribution in [0.4, 0.5) is 0 Å². The van der Waals surface area contributed by atoms with Crippen LogP contribution in [0.5, 0.6) is 5.75 Å². The number of nitrogens with two attached hydrogens (primary N) is 1. The summed E-state index contributed by atoms with van der Waals surface area (Å²) in [7, 11) is 1.68. The minimum atomic E-state index is -0.0961. The van der Waals surface area contributed by atoms with Crippen LogP contribution in [0.25, 0.3) is 0 Å². The lowest BCUT2D eigenvalue weighted by Gasteiger charge is -2.15. The van der Waals surface area contributed by atoms with Crippen LogP contribution in [0.1, 0.15) is 24.0 Å². The van der Waals surface area contributed by atoms with Crippen molar-refractivity contribution in [2.75, 3.05) is 7.11 Å². The summed E-state index contributed by atoms with van der Waals surface area (Å²) in [5, 5.41) is 0. The Morgan fingerprint density at radius 2 is 2.07 bits per heavy atom. The second-order valence-corrected chi connectivity index (χ2v) is 4.79. The lowest BCUT2D eigenvalue weighted by atomic mass is 10.00. The quantitative estimate of drug-likeness (QED) is 0.882. The van der Waals surface area contributed by atoms with Crippen LogP contribution in [0.15, 0.2) is 16.6 Å². The summed E-state index contributed by atoms with van der Waals surface area (Å²) < 4.78 is 6.30. The molecule has 3 heteroatoms. The number of methoxy groups -OCH3 is 1. The van der Waals surface area contributed by atoms with Crippen LogP contribution in [0.2, 0.25) is 0 Å². The topological polar surface area (TPSA) is 35.2 Å². The van der Waals surface area contributed by atoms with Crippen LogP contribution < -0.4 is 10.5 Å². The Hall–Kier alpha value is -0.540. The summed E-state index contributed by atoms with van der Waals surface area (Å²) in [6.07, 6.45) is 2.15. The molecule has 0 saturated heterocycles. The maximum Gasteiger partial charge on any atom is 0.120 e. The predicted molar refractivity (Wildman–Crippen MR) is 60.5 cm³/mol. The van der Waals surface area contributed by atoms with E-state index in [-0.39, 0.29) is 5.54 Å². The van der Waals surface area contributed by atoms with Crippen molar-refractivity contribution >= 4 is 15.9 Å². The standard InChI is InChI=1S/C11H14BrNO/c1-7-9(11(13)3-4-11)5-8(14-2)6-10(7)12/h5-6H,3-4,13H2,1-2H3. The Labute approximate surface area is 92.6 Å². The molecule has 76 valence electrons. The molecule has 1 saturated carbocycles. The van der Waals surface area contributed by atoms with Crippen LogP contribution >= 0.6 is 15.9 Å². The van der Waals surface area contributed by atoms with Gasteiger partial charge in [-0.2, -0.15) is 0 Å². The van der Waals surface area contributed by atoms with E-state index in [1.807, 2.05) is 12.1 Å². The zero-order valence-electron chi connectivity index (χ0n) is 8.43. The highest BCUT2D eigenvalue weighted by atomic mass is 79.9. The number of hydrogen-bond acceptors (Lipinski definition) is 2. The molecule has 1 fully saturated rings. The highest BCUT2D eigenvalue weighted by molar-refractivity contribution is 9.10. The van der Waals surface area contributed by atoms with Gasteiger partial charge in [-0.05, 0) is 43.0 Å². The molecule has 2 rings (SSSR count). The molecule has 2 nitrogen and oxygen atoms in total. The van der Waals surface area contributed by atoms with Crippen molar-refractivity contribution in [3.63, 3.8) is 0 Å². The van der Waals surface area contributed by atoms with Gasteiger partial charge in [-0.3, -0.25) is 0 Å². The molecule has 14 heavy (non-hydrogen) atoms. The molecule has 2 N–H and O–H groups in total. The molecule has 1 aromatic carbocycles. The predicted octanol–water partition coefficient (Wildman–Crippen LogP) is 2.71. The largest absolute Gasteiger partial charge is 0.497 e. The minimum Gasteiger partial charge on any atom is -0.497 e. The van der Waals surface area contributed by atoms with Crippen molar-refractivity contribution in [1.29, 1.82) is 0 Å². The van der Waals surface area contributed by atoms with Gasteiger partial charge in [-0.15, -0.1) is 0 Å². The first-order valence-electron chi connectivity index (χ1n) is 4.70. The molecule has 0 atom stereocenters. The fraction of sp³-hybridized carbons (Fsp3) is 0.455. The van der Waals surface area contributed by atoms with Gasteiger partial charge in [0.25, 0.3) is 0 Å². The van der Waals surface area contributed by atoms with Gasteiger partial charge in [0.05, 0.1) is 7.11 Å². The summed E-state index contributed by atoms with van der Waals surface area (Å²) in [5.74, 6) is 0.870. The molecule has 0 radical (unpaired) electrons. The van der Waals surface area contributed by atoms with Crippen molar-refractivity contribution in [2.45, 2.75) is 25.3 Å². The Bertz CT molecular complexity index is 372. The van der Waals surface area contributed by atoms with Crippen molar-refractivity contribution in [3.05, 3.63) is 27.7 Å². The fourth-order valence-corrected chi connectivity index (χ4v) is 2.13. The fourth-order valence-electron chi connectivity index (χ4n) is 1.69. The van der Waals surface area contributed by atoms with Gasteiger partial charge in [0.15, 0.2) is 0 Å². The van der Waals surface area contributed by atoms with Crippen molar-refractivity contribution < 1.29 is 4.74 Å². The molecule has 0 aromatic heterocycles. The number of hydrogen-bond donors (Lipinski definition) is 1. The molecule has 1 aliphatic rings. The molecule has 1 aromatic rings. The van der Waals surface area contributed by atoms with E-state index >= 15 is 0 Å². The molecule has 0 spiro atoms. The van der Waals surface area contributed by atoms with Crippen molar-refractivity contribution in [2.24, 2.45) is 5.73 Å². The SMILES string of the molecule is COc1cc(Br)c(C)c(C2(N)CC2)c1. The average molecular weight is 256 g/mol. The van der Waals surface area contributed by atoms with E-state index in [2.05, 4.69) is 22.9 Å². The van der Waals surface area contributed by atoms with E-state index in [9.17, 15) is 0 Å². The van der Waals surface area contributed by atoms with E-state index < -0.39 is 0 Å². The van der Waals surface area contributed by atoms with Gasteiger partial charge < -0.3 is 10.5 Å². The van der Waals surface area contributed by atoms with E-state index in [0.717, 1.165) is 23.1 Å². The maximum absolute atomic E-state index is 6.18.